The second-order valence-electron chi connectivity index (χ2n) is 3.74. The van der Waals surface area contributed by atoms with Crippen LogP contribution in [-0.2, 0) is 0 Å². The second-order valence-corrected chi connectivity index (χ2v) is 5.00. The number of nitrogens with one attached hydrogen (secondary N) is 1. The van der Waals surface area contributed by atoms with Gasteiger partial charge in [-0.15, -0.1) is 0 Å². The van der Waals surface area contributed by atoms with E-state index in [1.54, 1.807) is 0 Å². The molecule has 2 N–H and O–H groups in total. The number of rotatable bonds is 2. The fourth-order valence-corrected chi connectivity index (χ4v) is 2.02. The van der Waals surface area contributed by atoms with Gasteiger partial charge in [0.2, 0.25) is 0 Å². The third-order valence-electron chi connectivity index (χ3n) is 2.37. The molecule has 0 unspecified atom stereocenters. The van der Waals surface area contributed by atoms with E-state index in [0.29, 0.717) is 4.47 Å². The van der Waals surface area contributed by atoms with E-state index in [0.717, 1.165) is 0 Å². The number of phenolic OH excluding ortho intramolecular Hbond substituents is 1. The Kier molecular flexibility index (Phi) is 4.07. The van der Waals surface area contributed by atoms with Gasteiger partial charge in [-0.2, -0.15) is 0 Å². The lowest BCUT2D eigenvalue weighted by Gasteiger charge is -2.09. The molecule has 0 heterocycles. The fraction of sp³-hybridized carbons (Fsp3) is 0. The first-order valence-corrected chi connectivity index (χ1v) is 6.39. The van der Waals surface area contributed by atoms with Crippen LogP contribution in [-0.4, -0.2) is 11.0 Å². The molecule has 0 aromatic heterocycles. The second kappa shape index (κ2) is 5.59. The quantitative estimate of drug-likeness (QED) is 0.858. The van der Waals surface area contributed by atoms with Gasteiger partial charge in [0.05, 0.1) is 16.3 Å². The summed E-state index contributed by atoms with van der Waals surface area (Å²) in [6.07, 6.45) is 0. The van der Waals surface area contributed by atoms with E-state index < -0.39 is 11.7 Å². The van der Waals surface area contributed by atoms with Gasteiger partial charge in [-0.05, 0) is 52.3 Å². The minimum atomic E-state index is -0.535. The summed E-state index contributed by atoms with van der Waals surface area (Å²) in [5, 5.41) is 12.1. The molecule has 0 saturated heterocycles. The van der Waals surface area contributed by atoms with Crippen molar-refractivity contribution in [1.29, 1.82) is 0 Å². The Balaban J connectivity index is 2.30. The van der Waals surface area contributed by atoms with Gasteiger partial charge in [0.15, 0.2) is 0 Å². The summed E-state index contributed by atoms with van der Waals surface area (Å²) in [6.45, 7) is 0. The third kappa shape index (κ3) is 3.24. The molecule has 0 saturated carbocycles. The molecule has 1 amide bonds. The summed E-state index contributed by atoms with van der Waals surface area (Å²) in [7, 11) is 0. The molecule has 0 aliphatic rings. The average Bonchev–Trinajstić information content (AvgIpc) is 2.36. The van der Waals surface area contributed by atoms with Crippen LogP contribution in [0.25, 0.3) is 0 Å². The maximum Gasteiger partial charge on any atom is 0.257 e. The maximum atomic E-state index is 13.1. The Morgan fingerprint density at radius 1 is 1.26 bits per heavy atom. The number of benzene rings is 2. The van der Waals surface area contributed by atoms with Crippen molar-refractivity contribution in [3.8, 4) is 5.75 Å². The number of carbonyl (C=O) groups excluding carboxylic acids is 1. The van der Waals surface area contributed by atoms with E-state index in [2.05, 4.69) is 21.2 Å². The highest BCUT2D eigenvalue weighted by molar-refractivity contribution is 9.10. The van der Waals surface area contributed by atoms with Gasteiger partial charge in [0.1, 0.15) is 11.6 Å². The smallest absolute Gasteiger partial charge is 0.257 e. The molecule has 19 heavy (non-hydrogen) atoms. The largest absolute Gasteiger partial charge is 0.508 e. The highest BCUT2D eigenvalue weighted by Crippen LogP contribution is 2.26. The van der Waals surface area contributed by atoms with Crippen molar-refractivity contribution in [2.45, 2.75) is 0 Å². The summed E-state index contributed by atoms with van der Waals surface area (Å²) < 4.78 is 13.6. The molecule has 2 aromatic carbocycles. The molecule has 0 spiro atoms. The lowest BCUT2D eigenvalue weighted by molar-refractivity contribution is 0.102. The standard InChI is InChI=1S/C13H8BrClFNO2/c14-10-3-1-7(16)5-12(10)17-13(19)9-6-8(18)2-4-11(9)15/h1-6,18H,(H,17,19). The van der Waals surface area contributed by atoms with Gasteiger partial charge in [-0.1, -0.05) is 11.6 Å². The number of hydrogen-bond acceptors (Lipinski definition) is 2. The molecule has 0 aliphatic heterocycles. The van der Waals surface area contributed by atoms with Crippen LogP contribution in [0.2, 0.25) is 5.02 Å². The Morgan fingerprint density at radius 2 is 2.00 bits per heavy atom. The number of anilines is 1. The van der Waals surface area contributed by atoms with E-state index in [4.69, 9.17) is 11.6 Å². The maximum absolute atomic E-state index is 13.1. The lowest BCUT2D eigenvalue weighted by atomic mass is 10.2. The van der Waals surface area contributed by atoms with Gasteiger partial charge in [-0.3, -0.25) is 4.79 Å². The number of amides is 1. The summed E-state index contributed by atoms with van der Waals surface area (Å²) >= 11 is 9.07. The zero-order valence-electron chi connectivity index (χ0n) is 9.45. The topological polar surface area (TPSA) is 49.3 Å². The highest BCUT2D eigenvalue weighted by Gasteiger charge is 2.13. The van der Waals surface area contributed by atoms with Crippen LogP contribution in [0, 0.1) is 5.82 Å². The normalized spacial score (nSPS) is 10.3. The van der Waals surface area contributed by atoms with Gasteiger partial charge in [0.25, 0.3) is 5.91 Å². The van der Waals surface area contributed by atoms with Crippen molar-refractivity contribution in [1.82, 2.24) is 0 Å². The SMILES string of the molecule is O=C(Nc1cc(F)ccc1Br)c1cc(O)ccc1Cl. The minimum Gasteiger partial charge on any atom is -0.508 e. The monoisotopic (exact) mass is 343 g/mol. The molecule has 0 radical (unpaired) electrons. The molecule has 3 nitrogen and oxygen atoms in total. The van der Waals surface area contributed by atoms with Crippen molar-refractivity contribution in [2.75, 3.05) is 5.32 Å². The Hall–Kier alpha value is -1.59. The Labute approximate surface area is 122 Å². The van der Waals surface area contributed by atoms with E-state index in [1.165, 1.54) is 36.4 Å². The van der Waals surface area contributed by atoms with Crippen LogP contribution in [0.5, 0.6) is 5.75 Å². The molecule has 98 valence electrons. The van der Waals surface area contributed by atoms with Crippen molar-refractivity contribution >= 4 is 39.1 Å². The summed E-state index contributed by atoms with van der Waals surface area (Å²) in [4.78, 5) is 12.0. The van der Waals surface area contributed by atoms with Crippen molar-refractivity contribution in [3.05, 3.63) is 57.3 Å². The van der Waals surface area contributed by atoms with Crippen LogP contribution >= 0.6 is 27.5 Å². The predicted octanol–water partition coefficient (Wildman–Crippen LogP) is 4.20. The molecule has 0 fully saturated rings. The average molecular weight is 345 g/mol. The lowest BCUT2D eigenvalue weighted by Crippen LogP contribution is -2.13. The van der Waals surface area contributed by atoms with Crippen molar-refractivity contribution in [2.24, 2.45) is 0 Å². The minimum absolute atomic E-state index is 0.0761. The van der Waals surface area contributed by atoms with Gasteiger partial charge in [0, 0.05) is 4.47 Å². The van der Waals surface area contributed by atoms with Crippen LogP contribution in [0.15, 0.2) is 40.9 Å². The zero-order chi connectivity index (χ0) is 14.0. The highest BCUT2D eigenvalue weighted by atomic mass is 79.9. The van der Waals surface area contributed by atoms with Crippen LogP contribution in [0.3, 0.4) is 0 Å². The number of phenols is 1. The number of aromatic hydroxyl groups is 1. The first kappa shape index (κ1) is 13.8. The summed E-state index contributed by atoms with van der Waals surface area (Å²) in [5.41, 5.74) is 0.391. The first-order chi connectivity index (χ1) is 8.97. The van der Waals surface area contributed by atoms with E-state index in [-0.39, 0.29) is 22.0 Å². The first-order valence-electron chi connectivity index (χ1n) is 5.22. The van der Waals surface area contributed by atoms with E-state index >= 15 is 0 Å². The summed E-state index contributed by atoms with van der Waals surface area (Å²) in [5.74, 6) is -1.08. The van der Waals surface area contributed by atoms with Gasteiger partial charge >= 0.3 is 0 Å². The van der Waals surface area contributed by atoms with Crippen LogP contribution in [0.4, 0.5) is 10.1 Å². The molecule has 0 aliphatic carbocycles. The molecule has 6 heteroatoms. The molecule has 2 aromatic rings. The molecule has 2 rings (SSSR count). The molecular formula is C13H8BrClFNO2. The van der Waals surface area contributed by atoms with E-state index in [1.807, 2.05) is 0 Å². The molecular weight excluding hydrogens is 337 g/mol. The predicted molar refractivity (Wildman–Crippen MR) is 75.2 cm³/mol. The van der Waals surface area contributed by atoms with Crippen molar-refractivity contribution in [3.63, 3.8) is 0 Å². The number of halogens is 3. The number of hydrogen-bond donors (Lipinski definition) is 2. The third-order valence-corrected chi connectivity index (χ3v) is 3.39. The Morgan fingerprint density at radius 3 is 2.74 bits per heavy atom. The fourth-order valence-electron chi connectivity index (χ4n) is 1.47. The number of carbonyl (C=O) groups is 1. The Bertz CT molecular complexity index is 649. The summed E-state index contributed by atoms with van der Waals surface area (Å²) in [6, 6.07) is 7.95. The van der Waals surface area contributed by atoms with Crippen LogP contribution < -0.4 is 5.32 Å². The molecule has 0 atom stereocenters. The van der Waals surface area contributed by atoms with Crippen molar-refractivity contribution < 1.29 is 14.3 Å². The zero-order valence-corrected chi connectivity index (χ0v) is 11.8. The van der Waals surface area contributed by atoms with E-state index in [9.17, 15) is 14.3 Å². The molecule has 0 bridgehead atoms. The van der Waals surface area contributed by atoms with Crippen LogP contribution in [0.1, 0.15) is 10.4 Å². The van der Waals surface area contributed by atoms with Gasteiger partial charge in [-0.25, -0.2) is 4.39 Å². The van der Waals surface area contributed by atoms with Gasteiger partial charge < -0.3 is 10.4 Å².